The molecule has 7 nitrogen and oxygen atoms in total. The Morgan fingerprint density at radius 3 is 2.03 bits per heavy atom. The zero-order valence-electron chi connectivity index (χ0n) is 21.8. The second-order valence-electron chi connectivity index (χ2n) is 10.1. The van der Waals surface area contributed by atoms with Crippen LogP contribution in [0.5, 0.6) is 0 Å². The van der Waals surface area contributed by atoms with Crippen LogP contribution >= 0.6 is 0 Å². The van der Waals surface area contributed by atoms with E-state index in [0.717, 1.165) is 27.9 Å². The lowest BCUT2D eigenvalue weighted by molar-refractivity contribution is -0.131. The van der Waals surface area contributed by atoms with Gasteiger partial charge < -0.3 is 15.7 Å². The Balaban J connectivity index is 1.46. The molecule has 5 rings (SSSR count). The van der Waals surface area contributed by atoms with E-state index < -0.39 is 35.5 Å². The van der Waals surface area contributed by atoms with E-state index in [-0.39, 0.29) is 12.8 Å². The molecule has 200 valence electrons. The van der Waals surface area contributed by atoms with Crippen molar-refractivity contribution in [3.8, 4) is 11.1 Å². The van der Waals surface area contributed by atoms with Crippen LogP contribution in [-0.2, 0) is 9.59 Å². The number of hydrogen-bond donors (Lipinski definition) is 4. The number of aliphatic hydroxyl groups excluding tert-OH is 1. The Kier molecular flexibility index (Phi) is 7.30. The van der Waals surface area contributed by atoms with Gasteiger partial charge in [-0.2, -0.15) is 5.10 Å². The Bertz CT molecular complexity index is 1410. The molecule has 2 unspecified atom stereocenters. The molecule has 1 fully saturated rings. The SMILES string of the molecule is Cc1[nH]nc(C(C)O)c1-c1ccc(NC(=O)C(NC(=O)C2(F)CC2)C(c2ccccc2)c2ccccc2)cc1. The molecule has 1 heterocycles. The third-order valence-corrected chi connectivity index (χ3v) is 7.13. The number of amides is 2. The summed E-state index contributed by atoms with van der Waals surface area (Å²) in [6, 6.07) is 24.9. The number of benzene rings is 3. The van der Waals surface area contributed by atoms with Crippen molar-refractivity contribution in [2.45, 2.75) is 50.4 Å². The minimum Gasteiger partial charge on any atom is -0.387 e. The van der Waals surface area contributed by atoms with E-state index in [1.165, 1.54) is 0 Å². The molecule has 0 saturated heterocycles. The lowest BCUT2D eigenvalue weighted by atomic mass is 9.84. The number of carbonyl (C=O) groups excluding carboxylic acids is 2. The van der Waals surface area contributed by atoms with Crippen LogP contribution in [0.1, 0.15) is 54.3 Å². The van der Waals surface area contributed by atoms with Gasteiger partial charge in [-0.1, -0.05) is 72.8 Å². The largest absolute Gasteiger partial charge is 0.387 e. The number of aromatic nitrogens is 2. The second-order valence-corrected chi connectivity index (χ2v) is 10.1. The molecule has 39 heavy (non-hydrogen) atoms. The van der Waals surface area contributed by atoms with E-state index in [2.05, 4.69) is 20.8 Å². The summed E-state index contributed by atoms with van der Waals surface area (Å²) >= 11 is 0. The predicted octanol–water partition coefficient (Wildman–Crippen LogP) is 5.20. The van der Waals surface area contributed by atoms with Gasteiger partial charge in [-0.05, 0) is 55.5 Å². The van der Waals surface area contributed by atoms with Crippen molar-refractivity contribution in [3.05, 3.63) is 107 Å². The molecule has 0 spiro atoms. The minimum absolute atomic E-state index is 0.151. The molecule has 0 aliphatic heterocycles. The summed E-state index contributed by atoms with van der Waals surface area (Å²) in [5.41, 5.74) is 3.23. The summed E-state index contributed by atoms with van der Waals surface area (Å²) in [5.74, 6) is -1.77. The monoisotopic (exact) mass is 526 g/mol. The number of nitrogens with one attached hydrogen (secondary N) is 3. The smallest absolute Gasteiger partial charge is 0.258 e. The fourth-order valence-electron chi connectivity index (χ4n) is 4.86. The average Bonchev–Trinajstić information content (AvgIpc) is 3.58. The highest BCUT2D eigenvalue weighted by Crippen LogP contribution is 2.40. The van der Waals surface area contributed by atoms with Crippen LogP contribution in [0.4, 0.5) is 10.1 Å². The van der Waals surface area contributed by atoms with Crippen LogP contribution in [0.15, 0.2) is 84.9 Å². The van der Waals surface area contributed by atoms with Crippen LogP contribution in [0.3, 0.4) is 0 Å². The molecular weight excluding hydrogens is 495 g/mol. The molecule has 0 radical (unpaired) electrons. The molecule has 3 aromatic carbocycles. The average molecular weight is 527 g/mol. The van der Waals surface area contributed by atoms with Gasteiger partial charge in [0.15, 0.2) is 5.67 Å². The van der Waals surface area contributed by atoms with E-state index in [4.69, 9.17) is 0 Å². The maximum Gasteiger partial charge on any atom is 0.258 e. The summed E-state index contributed by atoms with van der Waals surface area (Å²) in [6.45, 7) is 3.53. The zero-order chi connectivity index (χ0) is 27.6. The summed E-state index contributed by atoms with van der Waals surface area (Å²) in [4.78, 5) is 26.7. The Morgan fingerprint density at radius 1 is 0.949 bits per heavy atom. The van der Waals surface area contributed by atoms with Crippen molar-refractivity contribution < 1.29 is 19.1 Å². The van der Waals surface area contributed by atoms with Crippen molar-refractivity contribution in [1.29, 1.82) is 0 Å². The normalized spacial score (nSPS) is 15.4. The highest BCUT2D eigenvalue weighted by Gasteiger charge is 2.52. The maximum absolute atomic E-state index is 14.7. The first-order valence-electron chi connectivity index (χ1n) is 13.0. The van der Waals surface area contributed by atoms with E-state index in [0.29, 0.717) is 11.4 Å². The van der Waals surface area contributed by atoms with Gasteiger partial charge in [0.1, 0.15) is 6.04 Å². The lowest BCUT2D eigenvalue weighted by Crippen LogP contribution is -2.50. The van der Waals surface area contributed by atoms with Crippen molar-refractivity contribution in [3.63, 3.8) is 0 Å². The van der Waals surface area contributed by atoms with Gasteiger partial charge in [-0.3, -0.25) is 14.7 Å². The zero-order valence-corrected chi connectivity index (χ0v) is 21.8. The van der Waals surface area contributed by atoms with Crippen LogP contribution in [0.25, 0.3) is 11.1 Å². The molecule has 1 saturated carbocycles. The number of H-pyrrole nitrogens is 1. The third kappa shape index (κ3) is 5.61. The van der Waals surface area contributed by atoms with Gasteiger partial charge in [0.05, 0.1) is 11.8 Å². The summed E-state index contributed by atoms with van der Waals surface area (Å²) in [7, 11) is 0. The van der Waals surface area contributed by atoms with Gasteiger partial charge >= 0.3 is 0 Å². The quantitative estimate of drug-likeness (QED) is 0.241. The minimum atomic E-state index is -1.93. The number of alkyl halides is 1. The molecule has 4 N–H and O–H groups in total. The van der Waals surface area contributed by atoms with Gasteiger partial charge in [-0.25, -0.2) is 4.39 Å². The Hall–Kier alpha value is -4.30. The summed E-state index contributed by atoms with van der Waals surface area (Å²) in [6.07, 6.45) is -0.442. The number of aliphatic hydroxyl groups is 1. The predicted molar refractivity (Wildman–Crippen MR) is 148 cm³/mol. The van der Waals surface area contributed by atoms with Gasteiger partial charge in [-0.15, -0.1) is 0 Å². The fraction of sp³-hybridized carbons (Fsp3) is 0.258. The molecular formula is C31H31FN4O3. The Labute approximate surface area is 226 Å². The topological polar surface area (TPSA) is 107 Å². The molecule has 1 aliphatic carbocycles. The molecule has 4 aromatic rings. The lowest BCUT2D eigenvalue weighted by Gasteiger charge is -2.29. The first kappa shape index (κ1) is 26.3. The van der Waals surface area contributed by atoms with E-state index in [1.54, 1.807) is 19.1 Å². The number of nitrogens with zero attached hydrogens (tertiary/aromatic N) is 1. The van der Waals surface area contributed by atoms with E-state index in [1.807, 2.05) is 79.7 Å². The number of halogens is 1. The number of carbonyl (C=O) groups is 2. The summed E-state index contributed by atoms with van der Waals surface area (Å²) < 4.78 is 14.7. The highest BCUT2D eigenvalue weighted by atomic mass is 19.1. The standard InChI is InChI=1S/C31H31FN4O3/c1-19-25(27(20(2)37)36-35-19)23-13-15-24(16-14-23)33-29(38)28(34-30(39)31(32)17-18-31)26(21-9-5-3-6-10-21)22-11-7-4-8-12-22/h3-16,20,26,28,37H,17-18H2,1-2H3,(H,33,38)(H,34,39)(H,35,36). The second kappa shape index (κ2) is 10.8. The van der Waals surface area contributed by atoms with E-state index >= 15 is 0 Å². The van der Waals surface area contributed by atoms with Crippen molar-refractivity contribution in [2.75, 3.05) is 5.32 Å². The van der Waals surface area contributed by atoms with Crippen LogP contribution in [0, 0.1) is 6.92 Å². The summed E-state index contributed by atoms with van der Waals surface area (Å²) in [5, 5.41) is 22.8. The molecule has 8 heteroatoms. The molecule has 2 amide bonds. The number of aromatic amines is 1. The van der Waals surface area contributed by atoms with Crippen molar-refractivity contribution in [1.82, 2.24) is 15.5 Å². The van der Waals surface area contributed by atoms with Gasteiger partial charge in [0.25, 0.3) is 5.91 Å². The number of aryl methyl sites for hydroxylation is 1. The van der Waals surface area contributed by atoms with Crippen molar-refractivity contribution >= 4 is 17.5 Å². The highest BCUT2D eigenvalue weighted by molar-refractivity contribution is 6.00. The number of hydrogen-bond acceptors (Lipinski definition) is 4. The first-order valence-corrected chi connectivity index (χ1v) is 13.0. The number of rotatable bonds is 9. The van der Waals surface area contributed by atoms with Crippen LogP contribution in [-0.4, -0.2) is 38.8 Å². The van der Waals surface area contributed by atoms with Gasteiger partial charge in [0.2, 0.25) is 5.91 Å². The maximum atomic E-state index is 14.7. The molecule has 1 aliphatic rings. The van der Waals surface area contributed by atoms with Gasteiger partial charge in [0, 0.05) is 22.9 Å². The fourth-order valence-corrected chi connectivity index (χ4v) is 4.86. The first-order chi connectivity index (χ1) is 18.8. The number of anilines is 1. The van der Waals surface area contributed by atoms with Crippen molar-refractivity contribution in [2.24, 2.45) is 0 Å². The molecule has 2 atom stereocenters. The Morgan fingerprint density at radius 2 is 1.51 bits per heavy atom. The third-order valence-electron chi connectivity index (χ3n) is 7.13. The van der Waals surface area contributed by atoms with Crippen LogP contribution in [0.2, 0.25) is 0 Å². The molecule has 0 bridgehead atoms. The molecule has 1 aromatic heterocycles. The van der Waals surface area contributed by atoms with E-state index in [9.17, 15) is 19.1 Å². The van der Waals surface area contributed by atoms with Crippen LogP contribution < -0.4 is 10.6 Å².